The van der Waals surface area contributed by atoms with Gasteiger partial charge in [-0.25, -0.2) is 9.37 Å². The van der Waals surface area contributed by atoms with E-state index in [0.717, 1.165) is 37.5 Å². The van der Waals surface area contributed by atoms with Crippen LogP contribution in [0.4, 0.5) is 4.39 Å². The molecule has 1 aromatic heterocycles. The summed E-state index contributed by atoms with van der Waals surface area (Å²) in [6.07, 6.45) is 3.98. The fraction of sp³-hybridized carbons (Fsp3) is 0.455. The molecule has 1 aromatic carbocycles. The summed E-state index contributed by atoms with van der Waals surface area (Å²) in [6.45, 7) is 7.33. The predicted molar refractivity (Wildman–Crippen MR) is 129 cm³/mol. The van der Waals surface area contributed by atoms with Crippen LogP contribution in [-0.4, -0.2) is 48.1 Å². The average Bonchev–Trinajstić information content (AvgIpc) is 2.72. The van der Waals surface area contributed by atoms with Crippen LogP contribution in [-0.2, 0) is 6.54 Å². The van der Waals surface area contributed by atoms with E-state index in [1.54, 1.807) is 31.4 Å². The van der Waals surface area contributed by atoms with Crippen LogP contribution >= 0.6 is 24.0 Å². The number of piperidine rings is 1. The Balaban J connectivity index is 0.00000320. The maximum absolute atomic E-state index is 13.2. The number of halogens is 2. The topological polar surface area (TPSA) is 61.8 Å². The first-order valence-electron chi connectivity index (χ1n) is 10.1. The Morgan fingerprint density at radius 2 is 2.03 bits per heavy atom. The van der Waals surface area contributed by atoms with Gasteiger partial charge in [-0.1, -0.05) is 12.1 Å². The first kappa shape index (κ1) is 24.3. The van der Waals surface area contributed by atoms with E-state index in [4.69, 9.17) is 4.74 Å². The van der Waals surface area contributed by atoms with Crippen LogP contribution in [0, 0.1) is 5.82 Å². The van der Waals surface area contributed by atoms with Crippen LogP contribution in [0.3, 0.4) is 0 Å². The Morgan fingerprint density at radius 3 is 2.63 bits per heavy atom. The summed E-state index contributed by atoms with van der Waals surface area (Å²) in [6, 6.07) is 10.8. The van der Waals surface area contributed by atoms with Crippen LogP contribution in [0.1, 0.15) is 32.3 Å². The van der Waals surface area contributed by atoms with Gasteiger partial charge in [-0.05, 0) is 44.4 Å². The minimum atomic E-state index is -0.336. The van der Waals surface area contributed by atoms with E-state index in [1.807, 2.05) is 6.07 Å². The summed E-state index contributed by atoms with van der Waals surface area (Å²) in [4.78, 5) is 11.1. The van der Waals surface area contributed by atoms with Crippen molar-refractivity contribution in [2.45, 2.75) is 45.3 Å². The fourth-order valence-electron chi connectivity index (χ4n) is 3.36. The average molecular weight is 527 g/mol. The SMILES string of the molecule is CN=C(NCc1ccc(Oc2cccc(F)c2)nc1)NC1CCN(C(C)C)CC1.I. The van der Waals surface area contributed by atoms with Crippen LogP contribution in [0.2, 0.25) is 0 Å². The third-order valence-corrected chi connectivity index (χ3v) is 5.10. The number of rotatable bonds is 6. The predicted octanol–water partition coefficient (Wildman–Crippen LogP) is 4.17. The zero-order chi connectivity index (χ0) is 20.6. The van der Waals surface area contributed by atoms with Gasteiger partial charge in [0.1, 0.15) is 11.6 Å². The van der Waals surface area contributed by atoms with Gasteiger partial charge in [0.15, 0.2) is 5.96 Å². The first-order valence-corrected chi connectivity index (χ1v) is 10.1. The number of guanidine groups is 1. The molecule has 0 bridgehead atoms. The van der Waals surface area contributed by atoms with Gasteiger partial charge < -0.3 is 20.3 Å². The maximum atomic E-state index is 13.2. The van der Waals surface area contributed by atoms with Crippen LogP contribution < -0.4 is 15.4 Å². The maximum Gasteiger partial charge on any atom is 0.219 e. The van der Waals surface area contributed by atoms with Gasteiger partial charge in [-0.15, -0.1) is 24.0 Å². The highest BCUT2D eigenvalue weighted by molar-refractivity contribution is 14.0. The van der Waals surface area contributed by atoms with Crippen LogP contribution in [0.25, 0.3) is 0 Å². The Labute approximate surface area is 195 Å². The van der Waals surface area contributed by atoms with Gasteiger partial charge in [-0.2, -0.15) is 0 Å². The molecule has 0 atom stereocenters. The van der Waals surface area contributed by atoms with Crippen molar-refractivity contribution in [2.24, 2.45) is 4.99 Å². The number of aliphatic imine (C=N–C) groups is 1. The van der Waals surface area contributed by atoms with Crippen molar-refractivity contribution in [3.63, 3.8) is 0 Å². The lowest BCUT2D eigenvalue weighted by Crippen LogP contribution is -2.49. The van der Waals surface area contributed by atoms with Crippen molar-refractivity contribution in [3.8, 4) is 11.6 Å². The lowest BCUT2D eigenvalue weighted by Gasteiger charge is -2.35. The van der Waals surface area contributed by atoms with E-state index in [-0.39, 0.29) is 29.8 Å². The highest BCUT2D eigenvalue weighted by atomic mass is 127. The summed E-state index contributed by atoms with van der Waals surface area (Å²) in [5.41, 5.74) is 1.01. The molecule has 1 saturated heterocycles. The van der Waals surface area contributed by atoms with Crippen molar-refractivity contribution in [1.82, 2.24) is 20.5 Å². The van der Waals surface area contributed by atoms with Gasteiger partial charge >= 0.3 is 0 Å². The van der Waals surface area contributed by atoms with E-state index < -0.39 is 0 Å². The standard InChI is InChI=1S/C22H30FN5O.HI/c1-16(2)28-11-9-19(10-12-28)27-22(24-3)26-15-17-7-8-21(25-14-17)29-20-6-4-5-18(23)13-20;/h4-8,13-14,16,19H,9-12,15H2,1-3H3,(H2,24,26,27);1H. The highest BCUT2D eigenvalue weighted by Crippen LogP contribution is 2.20. The van der Waals surface area contributed by atoms with Gasteiger partial charge in [0.2, 0.25) is 5.88 Å². The Kier molecular flexibility index (Phi) is 9.77. The van der Waals surface area contributed by atoms with E-state index in [2.05, 4.69) is 39.4 Å². The van der Waals surface area contributed by atoms with Gasteiger partial charge in [0.25, 0.3) is 0 Å². The van der Waals surface area contributed by atoms with E-state index in [0.29, 0.717) is 30.3 Å². The molecule has 0 aliphatic carbocycles. The number of nitrogens with zero attached hydrogens (tertiary/aromatic N) is 3. The monoisotopic (exact) mass is 527 g/mol. The molecule has 2 aromatic rings. The minimum Gasteiger partial charge on any atom is -0.439 e. The molecule has 1 aliphatic rings. The Hall–Kier alpha value is -1.94. The molecule has 2 N–H and O–H groups in total. The molecule has 0 spiro atoms. The molecule has 0 amide bonds. The van der Waals surface area contributed by atoms with Crippen molar-refractivity contribution in [2.75, 3.05) is 20.1 Å². The normalized spacial score (nSPS) is 15.6. The number of hydrogen-bond donors (Lipinski definition) is 2. The number of nitrogens with one attached hydrogen (secondary N) is 2. The molecule has 164 valence electrons. The first-order chi connectivity index (χ1) is 14.0. The van der Waals surface area contributed by atoms with Crippen molar-refractivity contribution < 1.29 is 9.13 Å². The lowest BCUT2D eigenvalue weighted by atomic mass is 10.0. The number of aromatic nitrogens is 1. The number of pyridine rings is 1. The van der Waals surface area contributed by atoms with E-state index >= 15 is 0 Å². The summed E-state index contributed by atoms with van der Waals surface area (Å²) in [5.74, 6) is 1.32. The Bertz CT molecular complexity index is 807. The second-order valence-corrected chi connectivity index (χ2v) is 7.54. The second kappa shape index (κ2) is 12.0. The molecular weight excluding hydrogens is 496 g/mol. The molecule has 8 heteroatoms. The molecule has 0 unspecified atom stereocenters. The summed E-state index contributed by atoms with van der Waals surface area (Å²) >= 11 is 0. The Morgan fingerprint density at radius 1 is 1.27 bits per heavy atom. The number of ether oxygens (including phenoxy) is 1. The third kappa shape index (κ3) is 7.39. The molecule has 1 aliphatic heterocycles. The highest BCUT2D eigenvalue weighted by Gasteiger charge is 2.21. The zero-order valence-electron chi connectivity index (χ0n) is 17.8. The van der Waals surface area contributed by atoms with Gasteiger partial charge in [-0.3, -0.25) is 4.99 Å². The smallest absolute Gasteiger partial charge is 0.219 e. The largest absolute Gasteiger partial charge is 0.439 e. The van der Waals surface area contributed by atoms with Crippen molar-refractivity contribution >= 4 is 29.9 Å². The van der Waals surface area contributed by atoms with Gasteiger partial charge in [0, 0.05) is 57.1 Å². The second-order valence-electron chi connectivity index (χ2n) is 7.54. The van der Waals surface area contributed by atoms with Crippen molar-refractivity contribution in [3.05, 3.63) is 54.0 Å². The number of likely N-dealkylation sites (tertiary alicyclic amines) is 1. The number of benzene rings is 1. The quantitative estimate of drug-likeness (QED) is 0.336. The summed E-state index contributed by atoms with van der Waals surface area (Å²) in [7, 11) is 1.78. The minimum absolute atomic E-state index is 0. The fourth-order valence-corrected chi connectivity index (χ4v) is 3.36. The molecule has 0 saturated carbocycles. The number of hydrogen-bond acceptors (Lipinski definition) is 4. The van der Waals surface area contributed by atoms with E-state index in [9.17, 15) is 4.39 Å². The van der Waals surface area contributed by atoms with E-state index in [1.165, 1.54) is 12.1 Å². The molecule has 6 nitrogen and oxygen atoms in total. The summed E-state index contributed by atoms with van der Waals surface area (Å²) in [5, 5.41) is 6.85. The molecule has 30 heavy (non-hydrogen) atoms. The molecule has 1 fully saturated rings. The van der Waals surface area contributed by atoms with Gasteiger partial charge in [0.05, 0.1) is 0 Å². The molecular formula is C22H31FIN5O. The summed E-state index contributed by atoms with van der Waals surface area (Å²) < 4.78 is 18.8. The molecule has 0 radical (unpaired) electrons. The third-order valence-electron chi connectivity index (χ3n) is 5.10. The van der Waals surface area contributed by atoms with Crippen LogP contribution in [0.15, 0.2) is 47.6 Å². The molecule has 3 rings (SSSR count). The molecule has 2 heterocycles. The zero-order valence-corrected chi connectivity index (χ0v) is 20.1. The van der Waals surface area contributed by atoms with Crippen molar-refractivity contribution in [1.29, 1.82) is 0 Å². The van der Waals surface area contributed by atoms with Crippen LogP contribution in [0.5, 0.6) is 11.6 Å². The lowest BCUT2D eigenvalue weighted by molar-refractivity contribution is 0.167.